The molecule has 0 spiro atoms. The van der Waals surface area contributed by atoms with Crippen LogP contribution in [0.15, 0.2) is 24.3 Å². The Bertz CT molecular complexity index is 451. The minimum atomic E-state index is 0.457. The van der Waals surface area contributed by atoms with Crippen LogP contribution in [-0.4, -0.2) is 31.9 Å². The van der Waals surface area contributed by atoms with Crippen LogP contribution in [0.2, 0.25) is 0 Å². The Morgan fingerprint density at radius 2 is 1.21 bits per heavy atom. The van der Waals surface area contributed by atoms with Gasteiger partial charge in [-0.15, -0.1) is 10.2 Å². The Morgan fingerprint density at radius 3 is 1.58 bits per heavy atom. The summed E-state index contributed by atoms with van der Waals surface area (Å²) >= 11 is 1.85. The Labute approximate surface area is 116 Å². The van der Waals surface area contributed by atoms with Crippen LogP contribution >= 0.6 is 11.8 Å². The second kappa shape index (κ2) is 6.89. The Kier molecular flexibility index (Phi) is 4.91. The van der Waals surface area contributed by atoms with Crippen molar-refractivity contribution >= 4 is 23.4 Å². The van der Waals surface area contributed by atoms with E-state index in [0.29, 0.717) is 11.6 Å². The van der Waals surface area contributed by atoms with Crippen LogP contribution < -0.4 is 11.5 Å². The predicted molar refractivity (Wildman–Crippen MR) is 77.6 cm³/mol. The number of thioether (sulfide) groups is 1. The monoisotopic (exact) mass is 276 g/mol. The number of rotatable bonds is 6. The number of nitrogens with zero attached hydrogens (tertiary/aromatic N) is 4. The van der Waals surface area contributed by atoms with Crippen molar-refractivity contribution in [2.75, 3.05) is 23.0 Å². The SMILES string of the molecule is Nc1ccc(CCSCCc2ccc(N)nn2)nn1. The summed E-state index contributed by atoms with van der Waals surface area (Å²) in [5, 5.41) is 15.7. The normalized spacial score (nSPS) is 10.5. The summed E-state index contributed by atoms with van der Waals surface area (Å²) in [5.41, 5.74) is 12.9. The molecule has 7 heteroatoms. The van der Waals surface area contributed by atoms with Gasteiger partial charge in [-0.1, -0.05) is 0 Å². The van der Waals surface area contributed by atoms with Gasteiger partial charge in [0.15, 0.2) is 0 Å². The van der Waals surface area contributed by atoms with E-state index < -0.39 is 0 Å². The lowest BCUT2D eigenvalue weighted by Crippen LogP contribution is -2.00. The first-order valence-corrected chi connectivity index (χ1v) is 7.13. The Morgan fingerprint density at radius 1 is 0.737 bits per heavy atom. The summed E-state index contributed by atoms with van der Waals surface area (Å²) in [6.45, 7) is 0. The van der Waals surface area contributed by atoms with Crippen LogP contribution in [0.4, 0.5) is 11.6 Å². The highest BCUT2D eigenvalue weighted by Crippen LogP contribution is 2.08. The number of hydrogen-bond acceptors (Lipinski definition) is 7. The lowest BCUT2D eigenvalue weighted by molar-refractivity contribution is 0.922. The third-order valence-corrected chi connectivity index (χ3v) is 3.47. The third kappa shape index (κ3) is 4.70. The summed E-state index contributed by atoms with van der Waals surface area (Å²) in [5.74, 6) is 2.92. The molecule has 4 N–H and O–H groups in total. The second-order valence-corrected chi connectivity index (χ2v) is 5.24. The molecule has 19 heavy (non-hydrogen) atoms. The summed E-state index contributed by atoms with van der Waals surface area (Å²) in [6, 6.07) is 7.37. The summed E-state index contributed by atoms with van der Waals surface area (Å²) in [4.78, 5) is 0. The van der Waals surface area contributed by atoms with Gasteiger partial charge >= 0.3 is 0 Å². The minimum absolute atomic E-state index is 0.457. The zero-order chi connectivity index (χ0) is 13.5. The molecule has 2 aromatic rings. The summed E-state index contributed by atoms with van der Waals surface area (Å²) in [7, 11) is 0. The molecule has 0 atom stereocenters. The van der Waals surface area contributed by atoms with Crippen molar-refractivity contribution in [2.24, 2.45) is 0 Å². The van der Waals surface area contributed by atoms with Gasteiger partial charge in [-0.25, -0.2) is 0 Å². The molecule has 0 saturated heterocycles. The highest BCUT2D eigenvalue weighted by molar-refractivity contribution is 7.99. The smallest absolute Gasteiger partial charge is 0.146 e. The van der Waals surface area contributed by atoms with E-state index in [-0.39, 0.29) is 0 Å². The van der Waals surface area contributed by atoms with Gasteiger partial charge in [0.25, 0.3) is 0 Å². The van der Waals surface area contributed by atoms with Crippen LogP contribution in [0.5, 0.6) is 0 Å². The molecule has 0 aromatic carbocycles. The Balaban J connectivity index is 1.64. The van der Waals surface area contributed by atoms with E-state index in [1.54, 1.807) is 12.1 Å². The number of nitrogens with two attached hydrogens (primary N) is 2. The van der Waals surface area contributed by atoms with E-state index in [1.165, 1.54) is 0 Å². The Hall–Kier alpha value is -1.89. The van der Waals surface area contributed by atoms with Gasteiger partial charge in [-0.05, 0) is 35.8 Å². The molecule has 0 fully saturated rings. The lowest BCUT2D eigenvalue weighted by atomic mass is 10.3. The number of anilines is 2. The number of aromatic nitrogens is 4. The van der Waals surface area contributed by atoms with Crippen LogP contribution in [0.1, 0.15) is 11.4 Å². The van der Waals surface area contributed by atoms with E-state index >= 15 is 0 Å². The van der Waals surface area contributed by atoms with Gasteiger partial charge in [0.1, 0.15) is 11.6 Å². The quantitative estimate of drug-likeness (QED) is 0.757. The third-order valence-electron chi connectivity index (χ3n) is 2.49. The van der Waals surface area contributed by atoms with Crippen molar-refractivity contribution in [2.45, 2.75) is 12.8 Å². The average Bonchev–Trinajstić information content (AvgIpc) is 2.43. The van der Waals surface area contributed by atoms with Gasteiger partial charge in [0.05, 0.1) is 11.4 Å². The molecule has 0 bridgehead atoms. The van der Waals surface area contributed by atoms with Crippen molar-refractivity contribution in [3.63, 3.8) is 0 Å². The van der Waals surface area contributed by atoms with Crippen molar-refractivity contribution in [1.82, 2.24) is 20.4 Å². The van der Waals surface area contributed by atoms with E-state index in [4.69, 9.17) is 11.5 Å². The van der Waals surface area contributed by atoms with Crippen LogP contribution in [0.3, 0.4) is 0 Å². The molecular weight excluding hydrogens is 260 g/mol. The molecule has 0 saturated carbocycles. The molecule has 0 aliphatic rings. The van der Waals surface area contributed by atoms with E-state index in [9.17, 15) is 0 Å². The lowest BCUT2D eigenvalue weighted by Gasteiger charge is -2.01. The number of nitrogen functional groups attached to an aromatic ring is 2. The fourth-order valence-corrected chi connectivity index (χ4v) is 2.37. The maximum absolute atomic E-state index is 5.48. The maximum atomic E-state index is 5.48. The molecule has 0 aliphatic carbocycles. The zero-order valence-electron chi connectivity index (χ0n) is 10.5. The van der Waals surface area contributed by atoms with Gasteiger partial charge in [-0.3, -0.25) is 0 Å². The van der Waals surface area contributed by atoms with Crippen LogP contribution in [0, 0.1) is 0 Å². The van der Waals surface area contributed by atoms with E-state index in [0.717, 1.165) is 35.7 Å². The molecule has 2 rings (SSSR count). The number of aryl methyl sites for hydroxylation is 2. The van der Waals surface area contributed by atoms with Crippen molar-refractivity contribution in [3.05, 3.63) is 35.7 Å². The summed E-state index contributed by atoms with van der Waals surface area (Å²) < 4.78 is 0. The summed E-state index contributed by atoms with van der Waals surface area (Å²) in [6.07, 6.45) is 1.79. The first-order chi connectivity index (χ1) is 9.24. The van der Waals surface area contributed by atoms with Gasteiger partial charge in [-0.2, -0.15) is 22.0 Å². The molecule has 0 amide bonds. The standard InChI is InChI=1S/C12H16N6S/c13-11-3-1-9(15-17-11)5-7-19-8-6-10-2-4-12(14)18-16-10/h1-4H,5-8H2,(H2,13,17)(H2,14,18). The van der Waals surface area contributed by atoms with E-state index in [1.807, 2.05) is 23.9 Å². The average molecular weight is 276 g/mol. The highest BCUT2D eigenvalue weighted by atomic mass is 32.2. The predicted octanol–water partition coefficient (Wildman–Crippen LogP) is 0.949. The highest BCUT2D eigenvalue weighted by Gasteiger charge is 1.99. The van der Waals surface area contributed by atoms with Crippen molar-refractivity contribution < 1.29 is 0 Å². The van der Waals surface area contributed by atoms with Crippen LogP contribution in [0.25, 0.3) is 0 Å². The molecule has 0 aliphatic heterocycles. The van der Waals surface area contributed by atoms with Crippen molar-refractivity contribution in [1.29, 1.82) is 0 Å². The van der Waals surface area contributed by atoms with Gasteiger partial charge < -0.3 is 11.5 Å². The largest absolute Gasteiger partial charge is 0.382 e. The first-order valence-electron chi connectivity index (χ1n) is 5.98. The topological polar surface area (TPSA) is 104 Å². The zero-order valence-corrected chi connectivity index (χ0v) is 11.3. The first kappa shape index (κ1) is 13.5. The van der Waals surface area contributed by atoms with Gasteiger partial charge in [0.2, 0.25) is 0 Å². The second-order valence-electron chi connectivity index (χ2n) is 4.01. The molecular formula is C12H16N6S. The maximum Gasteiger partial charge on any atom is 0.146 e. The molecule has 100 valence electrons. The fourth-order valence-electron chi connectivity index (χ4n) is 1.46. The number of hydrogen-bond donors (Lipinski definition) is 2. The fraction of sp³-hybridized carbons (Fsp3) is 0.333. The van der Waals surface area contributed by atoms with Gasteiger partial charge in [0, 0.05) is 12.8 Å². The molecule has 2 aromatic heterocycles. The minimum Gasteiger partial charge on any atom is -0.382 e. The molecule has 0 radical (unpaired) electrons. The molecule has 6 nitrogen and oxygen atoms in total. The molecule has 2 heterocycles. The molecule has 0 unspecified atom stereocenters. The van der Waals surface area contributed by atoms with Crippen LogP contribution in [-0.2, 0) is 12.8 Å². The van der Waals surface area contributed by atoms with Crippen molar-refractivity contribution in [3.8, 4) is 0 Å². The van der Waals surface area contributed by atoms with E-state index in [2.05, 4.69) is 20.4 Å².